The van der Waals surface area contributed by atoms with E-state index in [0.717, 1.165) is 39.6 Å². The monoisotopic (exact) mass is 377 g/mol. The Morgan fingerprint density at radius 3 is 2.07 bits per heavy atom. The van der Waals surface area contributed by atoms with Crippen molar-refractivity contribution >= 4 is 40.1 Å². The van der Waals surface area contributed by atoms with Gasteiger partial charge in [-0.05, 0) is 73.6 Å². The second kappa shape index (κ2) is 8.56. The molecule has 0 saturated carbocycles. The van der Waals surface area contributed by atoms with Crippen LogP contribution in [0.4, 0.5) is 22.7 Å². The van der Waals surface area contributed by atoms with Crippen LogP contribution in [0.2, 0.25) is 0 Å². The van der Waals surface area contributed by atoms with E-state index in [2.05, 4.69) is 41.9 Å². The molecule has 0 bridgehead atoms. The van der Waals surface area contributed by atoms with Gasteiger partial charge in [0.05, 0.1) is 12.8 Å². The van der Waals surface area contributed by atoms with E-state index in [1.165, 1.54) is 0 Å². The quantitative estimate of drug-likeness (QED) is 0.486. The molecular weight excluding hydrogens is 354 g/mol. The average molecular weight is 378 g/mol. The number of thiocarbonyl (C=S) groups is 1. The third-order valence-corrected chi connectivity index (χ3v) is 4.45. The van der Waals surface area contributed by atoms with E-state index in [4.69, 9.17) is 17.0 Å². The van der Waals surface area contributed by atoms with E-state index in [0.29, 0.717) is 5.11 Å². The highest BCUT2D eigenvalue weighted by molar-refractivity contribution is 7.80. The number of hydrogen-bond donors (Lipinski definition) is 3. The summed E-state index contributed by atoms with van der Waals surface area (Å²) in [7, 11) is 1.66. The fourth-order valence-corrected chi connectivity index (χ4v) is 3.05. The molecule has 0 aliphatic heterocycles. The van der Waals surface area contributed by atoms with Gasteiger partial charge in [0.15, 0.2) is 5.11 Å². The summed E-state index contributed by atoms with van der Waals surface area (Å²) in [5.74, 6) is 0.804. The van der Waals surface area contributed by atoms with Crippen LogP contribution in [0.5, 0.6) is 5.75 Å². The van der Waals surface area contributed by atoms with Crippen LogP contribution in [0.3, 0.4) is 0 Å². The molecule has 0 spiro atoms. The molecule has 138 valence electrons. The average Bonchev–Trinajstić information content (AvgIpc) is 2.67. The van der Waals surface area contributed by atoms with Crippen molar-refractivity contribution in [3.05, 3.63) is 77.9 Å². The molecule has 3 aromatic carbocycles. The second-order valence-electron chi connectivity index (χ2n) is 6.25. The van der Waals surface area contributed by atoms with Gasteiger partial charge in [-0.25, -0.2) is 0 Å². The Hall–Kier alpha value is -3.05. The molecule has 0 fully saturated rings. The van der Waals surface area contributed by atoms with Gasteiger partial charge >= 0.3 is 0 Å². The van der Waals surface area contributed by atoms with Crippen molar-refractivity contribution in [3.63, 3.8) is 0 Å². The number of ether oxygens (including phenoxy) is 1. The summed E-state index contributed by atoms with van der Waals surface area (Å²) in [6.07, 6.45) is 0. The van der Waals surface area contributed by atoms with Crippen molar-refractivity contribution in [1.82, 2.24) is 0 Å². The summed E-state index contributed by atoms with van der Waals surface area (Å²) >= 11 is 5.45. The fourth-order valence-electron chi connectivity index (χ4n) is 2.83. The lowest BCUT2D eigenvalue weighted by Gasteiger charge is -2.15. The maximum atomic E-state index is 5.45. The standard InChI is InChI=1S/C22H23N3OS/c1-15-7-6-8-16(2)21(15)25-22(27)24-18-13-11-17(12-14-18)23-19-9-4-5-10-20(19)26-3/h4-14,23H,1-3H3,(H2,24,25,27). The second-order valence-corrected chi connectivity index (χ2v) is 6.66. The van der Waals surface area contributed by atoms with Gasteiger partial charge in [-0.2, -0.15) is 0 Å². The summed E-state index contributed by atoms with van der Waals surface area (Å²) in [4.78, 5) is 0. The highest BCUT2D eigenvalue weighted by atomic mass is 32.1. The zero-order valence-corrected chi connectivity index (χ0v) is 16.5. The van der Waals surface area contributed by atoms with Gasteiger partial charge in [-0.15, -0.1) is 0 Å². The first-order valence-electron chi connectivity index (χ1n) is 8.71. The Balaban J connectivity index is 1.64. The lowest BCUT2D eigenvalue weighted by Crippen LogP contribution is -2.20. The van der Waals surface area contributed by atoms with Crippen LogP contribution in [0.25, 0.3) is 0 Å². The Bertz CT molecular complexity index is 918. The summed E-state index contributed by atoms with van der Waals surface area (Å²) in [5, 5.41) is 10.4. The first kappa shape index (κ1) is 18.7. The molecule has 5 heteroatoms. The van der Waals surface area contributed by atoms with Crippen molar-refractivity contribution in [2.24, 2.45) is 0 Å². The van der Waals surface area contributed by atoms with Crippen LogP contribution in [-0.2, 0) is 0 Å². The number of rotatable bonds is 5. The SMILES string of the molecule is COc1ccccc1Nc1ccc(NC(=S)Nc2c(C)cccc2C)cc1. The molecule has 0 amide bonds. The highest BCUT2D eigenvalue weighted by Gasteiger charge is 2.05. The molecule has 0 saturated heterocycles. The molecule has 3 N–H and O–H groups in total. The minimum atomic E-state index is 0.567. The van der Waals surface area contributed by atoms with E-state index in [1.807, 2.05) is 54.6 Å². The number of anilines is 4. The summed E-state index contributed by atoms with van der Waals surface area (Å²) in [6.45, 7) is 4.13. The smallest absolute Gasteiger partial charge is 0.175 e. The van der Waals surface area contributed by atoms with Crippen molar-refractivity contribution < 1.29 is 4.74 Å². The van der Waals surface area contributed by atoms with Gasteiger partial charge in [0.25, 0.3) is 0 Å². The Morgan fingerprint density at radius 1 is 0.778 bits per heavy atom. The predicted octanol–water partition coefficient (Wildman–Crippen LogP) is 5.86. The summed E-state index contributed by atoms with van der Waals surface area (Å²) < 4.78 is 5.37. The maximum absolute atomic E-state index is 5.45. The topological polar surface area (TPSA) is 45.3 Å². The maximum Gasteiger partial charge on any atom is 0.175 e. The molecule has 0 heterocycles. The molecule has 4 nitrogen and oxygen atoms in total. The third kappa shape index (κ3) is 4.77. The molecule has 0 aromatic heterocycles. The Kier molecular flexibility index (Phi) is 5.94. The third-order valence-electron chi connectivity index (χ3n) is 4.25. The van der Waals surface area contributed by atoms with E-state index >= 15 is 0 Å². The molecule has 0 unspecified atom stereocenters. The van der Waals surface area contributed by atoms with E-state index in [9.17, 15) is 0 Å². The number of aryl methyl sites for hydroxylation is 2. The van der Waals surface area contributed by atoms with Gasteiger partial charge in [-0.1, -0.05) is 30.3 Å². The van der Waals surface area contributed by atoms with Crippen LogP contribution < -0.4 is 20.7 Å². The van der Waals surface area contributed by atoms with Gasteiger partial charge in [0.1, 0.15) is 5.75 Å². The molecule has 27 heavy (non-hydrogen) atoms. The highest BCUT2D eigenvalue weighted by Crippen LogP contribution is 2.27. The molecule has 0 radical (unpaired) electrons. The molecule has 0 atom stereocenters. The molecule has 0 aliphatic rings. The van der Waals surface area contributed by atoms with Crippen LogP contribution in [0, 0.1) is 13.8 Å². The molecule has 3 rings (SSSR count). The number of para-hydroxylation sites is 3. The van der Waals surface area contributed by atoms with Crippen LogP contribution in [0.1, 0.15) is 11.1 Å². The Morgan fingerprint density at radius 2 is 1.41 bits per heavy atom. The van der Waals surface area contributed by atoms with Crippen molar-refractivity contribution in [3.8, 4) is 5.75 Å². The number of hydrogen-bond acceptors (Lipinski definition) is 3. The zero-order chi connectivity index (χ0) is 19.2. The van der Waals surface area contributed by atoms with E-state index in [-0.39, 0.29) is 0 Å². The number of benzene rings is 3. The van der Waals surface area contributed by atoms with Gasteiger partial charge in [-0.3, -0.25) is 0 Å². The predicted molar refractivity (Wildman–Crippen MR) is 118 cm³/mol. The molecule has 0 aliphatic carbocycles. The van der Waals surface area contributed by atoms with Gasteiger partial charge in [0.2, 0.25) is 0 Å². The lowest BCUT2D eigenvalue weighted by molar-refractivity contribution is 0.417. The zero-order valence-electron chi connectivity index (χ0n) is 15.7. The molecular formula is C22H23N3OS. The summed E-state index contributed by atoms with van der Waals surface area (Å²) in [6, 6.07) is 22.0. The van der Waals surface area contributed by atoms with E-state index < -0.39 is 0 Å². The largest absolute Gasteiger partial charge is 0.495 e. The number of nitrogens with one attached hydrogen (secondary N) is 3. The first-order chi connectivity index (χ1) is 13.1. The van der Waals surface area contributed by atoms with Gasteiger partial charge in [0, 0.05) is 17.1 Å². The van der Waals surface area contributed by atoms with Crippen LogP contribution >= 0.6 is 12.2 Å². The molecule has 3 aromatic rings. The summed E-state index contributed by atoms with van der Waals surface area (Å²) in [5.41, 5.74) is 6.19. The first-order valence-corrected chi connectivity index (χ1v) is 9.12. The van der Waals surface area contributed by atoms with E-state index in [1.54, 1.807) is 7.11 Å². The Labute approximate surface area is 165 Å². The minimum absolute atomic E-state index is 0.567. The van der Waals surface area contributed by atoms with Crippen molar-refractivity contribution in [2.75, 3.05) is 23.1 Å². The lowest BCUT2D eigenvalue weighted by atomic mass is 10.1. The normalized spacial score (nSPS) is 10.2. The van der Waals surface area contributed by atoms with Crippen LogP contribution in [-0.4, -0.2) is 12.2 Å². The van der Waals surface area contributed by atoms with Crippen molar-refractivity contribution in [1.29, 1.82) is 0 Å². The fraction of sp³-hybridized carbons (Fsp3) is 0.136. The minimum Gasteiger partial charge on any atom is -0.495 e. The van der Waals surface area contributed by atoms with Crippen molar-refractivity contribution in [2.45, 2.75) is 13.8 Å². The number of methoxy groups -OCH3 is 1. The van der Waals surface area contributed by atoms with Gasteiger partial charge < -0.3 is 20.7 Å². The van der Waals surface area contributed by atoms with Crippen LogP contribution in [0.15, 0.2) is 66.7 Å².